The number of hydrogen-bond donors (Lipinski definition) is 2. The second-order valence-corrected chi connectivity index (χ2v) is 3.74. The molecule has 3 heteroatoms. The number of benzene rings is 2. The number of anilines is 1. The number of fused-ring (bicyclic) bond motifs is 1. The van der Waals surface area contributed by atoms with Crippen LogP contribution < -0.4 is 5.73 Å². The van der Waals surface area contributed by atoms with E-state index >= 15 is 0 Å². The van der Waals surface area contributed by atoms with Gasteiger partial charge < -0.3 is 5.73 Å². The monoisotopic (exact) mass is 209 g/mol. The first-order valence-corrected chi connectivity index (χ1v) is 5.13. The number of para-hydroxylation sites is 1. The van der Waals surface area contributed by atoms with Gasteiger partial charge in [0, 0.05) is 16.6 Å². The van der Waals surface area contributed by atoms with Crippen LogP contribution in [-0.4, -0.2) is 10.2 Å². The highest BCUT2D eigenvalue weighted by atomic mass is 15.1. The molecule has 0 atom stereocenters. The number of rotatable bonds is 1. The zero-order valence-electron chi connectivity index (χ0n) is 8.64. The Kier molecular flexibility index (Phi) is 1.90. The summed E-state index contributed by atoms with van der Waals surface area (Å²) < 4.78 is 0. The van der Waals surface area contributed by atoms with E-state index in [0.717, 1.165) is 27.8 Å². The fourth-order valence-electron chi connectivity index (χ4n) is 1.87. The minimum Gasteiger partial charge on any atom is -0.399 e. The number of nitrogens with two attached hydrogens (primary N) is 1. The normalized spacial score (nSPS) is 10.8. The number of nitrogen functional groups attached to an aromatic ring is 1. The van der Waals surface area contributed by atoms with Crippen LogP contribution in [0.5, 0.6) is 0 Å². The number of nitrogens with zero attached hydrogens (tertiary/aromatic N) is 1. The zero-order valence-corrected chi connectivity index (χ0v) is 8.64. The van der Waals surface area contributed by atoms with Crippen molar-refractivity contribution in [3.05, 3.63) is 48.5 Å². The van der Waals surface area contributed by atoms with Crippen LogP contribution >= 0.6 is 0 Å². The number of aromatic amines is 1. The van der Waals surface area contributed by atoms with Gasteiger partial charge in [-0.2, -0.15) is 5.10 Å². The summed E-state index contributed by atoms with van der Waals surface area (Å²) >= 11 is 0. The Morgan fingerprint density at radius 3 is 2.75 bits per heavy atom. The van der Waals surface area contributed by atoms with Gasteiger partial charge in [0.05, 0.1) is 11.2 Å². The fourth-order valence-corrected chi connectivity index (χ4v) is 1.87. The quantitative estimate of drug-likeness (QED) is 0.605. The molecular weight excluding hydrogens is 198 g/mol. The molecule has 0 radical (unpaired) electrons. The standard InChI is InChI=1S/C13H11N3/c14-10-5-3-4-9(8-10)13-11-6-1-2-7-12(11)15-16-13/h1-8H,14H2,(H,15,16). The molecule has 0 aliphatic heterocycles. The van der Waals surface area contributed by atoms with E-state index in [4.69, 9.17) is 5.73 Å². The third-order valence-electron chi connectivity index (χ3n) is 2.63. The fraction of sp³-hybridized carbons (Fsp3) is 0. The summed E-state index contributed by atoms with van der Waals surface area (Å²) in [5, 5.41) is 8.46. The molecule has 0 aliphatic rings. The van der Waals surface area contributed by atoms with E-state index in [9.17, 15) is 0 Å². The van der Waals surface area contributed by atoms with Gasteiger partial charge in [0.1, 0.15) is 0 Å². The second kappa shape index (κ2) is 3.38. The van der Waals surface area contributed by atoms with Gasteiger partial charge in [-0.3, -0.25) is 5.10 Å². The van der Waals surface area contributed by atoms with Crippen LogP contribution in [0.25, 0.3) is 22.2 Å². The molecule has 0 spiro atoms. The van der Waals surface area contributed by atoms with E-state index in [0.29, 0.717) is 0 Å². The number of aromatic nitrogens is 2. The number of H-pyrrole nitrogens is 1. The van der Waals surface area contributed by atoms with Crippen molar-refractivity contribution in [2.75, 3.05) is 5.73 Å². The Bertz CT molecular complexity index is 640. The lowest BCUT2D eigenvalue weighted by Gasteiger charge is -1.99. The van der Waals surface area contributed by atoms with E-state index in [1.54, 1.807) is 0 Å². The third-order valence-corrected chi connectivity index (χ3v) is 2.63. The van der Waals surface area contributed by atoms with E-state index in [2.05, 4.69) is 16.3 Å². The molecule has 78 valence electrons. The molecule has 16 heavy (non-hydrogen) atoms. The summed E-state index contributed by atoms with van der Waals surface area (Å²) in [6.45, 7) is 0. The number of hydrogen-bond acceptors (Lipinski definition) is 2. The molecule has 3 nitrogen and oxygen atoms in total. The lowest BCUT2D eigenvalue weighted by molar-refractivity contribution is 1.12. The van der Waals surface area contributed by atoms with E-state index < -0.39 is 0 Å². The first-order chi connectivity index (χ1) is 7.84. The predicted molar refractivity (Wildman–Crippen MR) is 65.9 cm³/mol. The van der Waals surface area contributed by atoms with Crippen LogP contribution in [0.1, 0.15) is 0 Å². The molecule has 0 aliphatic carbocycles. The maximum Gasteiger partial charge on any atom is 0.1000 e. The van der Waals surface area contributed by atoms with E-state index in [-0.39, 0.29) is 0 Å². The van der Waals surface area contributed by atoms with Gasteiger partial charge in [0.2, 0.25) is 0 Å². The summed E-state index contributed by atoms with van der Waals surface area (Å²) in [5.41, 5.74) is 9.55. The van der Waals surface area contributed by atoms with Crippen LogP contribution in [0.2, 0.25) is 0 Å². The average Bonchev–Trinajstić information content (AvgIpc) is 2.72. The van der Waals surface area contributed by atoms with Crippen LogP contribution in [0, 0.1) is 0 Å². The van der Waals surface area contributed by atoms with E-state index in [1.807, 2.05) is 42.5 Å². The van der Waals surface area contributed by atoms with Crippen molar-refractivity contribution in [2.45, 2.75) is 0 Å². The van der Waals surface area contributed by atoms with Crippen molar-refractivity contribution in [1.82, 2.24) is 10.2 Å². The van der Waals surface area contributed by atoms with Gasteiger partial charge in [0.15, 0.2) is 0 Å². The minimum atomic E-state index is 0.754. The molecule has 0 fully saturated rings. The molecule has 0 saturated heterocycles. The van der Waals surface area contributed by atoms with Crippen LogP contribution in [0.4, 0.5) is 5.69 Å². The summed E-state index contributed by atoms with van der Waals surface area (Å²) in [4.78, 5) is 0. The van der Waals surface area contributed by atoms with Crippen molar-refractivity contribution >= 4 is 16.6 Å². The van der Waals surface area contributed by atoms with Gasteiger partial charge >= 0.3 is 0 Å². The highest BCUT2D eigenvalue weighted by Crippen LogP contribution is 2.26. The van der Waals surface area contributed by atoms with Crippen molar-refractivity contribution < 1.29 is 0 Å². The highest BCUT2D eigenvalue weighted by Gasteiger charge is 2.06. The summed E-state index contributed by atoms with van der Waals surface area (Å²) in [5.74, 6) is 0. The summed E-state index contributed by atoms with van der Waals surface area (Å²) in [7, 11) is 0. The van der Waals surface area contributed by atoms with Crippen molar-refractivity contribution in [3.8, 4) is 11.3 Å². The molecule has 2 aromatic carbocycles. The SMILES string of the molecule is Nc1cccc(-c2n[nH]c3ccccc23)c1. The van der Waals surface area contributed by atoms with Gasteiger partial charge in [-0.15, -0.1) is 0 Å². The van der Waals surface area contributed by atoms with Crippen molar-refractivity contribution in [1.29, 1.82) is 0 Å². The summed E-state index contributed by atoms with van der Waals surface area (Å²) in [6.07, 6.45) is 0. The molecule has 1 heterocycles. The lowest BCUT2D eigenvalue weighted by Crippen LogP contribution is -1.85. The van der Waals surface area contributed by atoms with Crippen molar-refractivity contribution in [3.63, 3.8) is 0 Å². The molecule has 1 aromatic heterocycles. The molecule has 3 aromatic rings. The molecule has 0 saturated carbocycles. The molecule has 3 rings (SSSR count). The Hall–Kier alpha value is -2.29. The summed E-state index contributed by atoms with van der Waals surface area (Å²) in [6, 6.07) is 15.8. The maximum atomic E-state index is 5.77. The van der Waals surface area contributed by atoms with Gasteiger partial charge in [-0.05, 0) is 18.2 Å². The van der Waals surface area contributed by atoms with Gasteiger partial charge in [0.25, 0.3) is 0 Å². The van der Waals surface area contributed by atoms with E-state index in [1.165, 1.54) is 0 Å². The molecule has 0 unspecified atom stereocenters. The van der Waals surface area contributed by atoms with Crippen molar-refractivity contribution in [2.24, 2.45) is 0 Å². The van der Waals surface area contributed by atoms with Crippen LogP contribution in [0.3, 0.4) is 0 Å². The Labute approximate surface area is 92.9 Å². The Morgan fingerprint density at radius 1 is 1.00 bits per heavy atom. The first kappa shape index (κ1) is 8.97. The lowest BCUT2D eigenvalue weighted by atomic mass is 10.1. The minimum absolute atomic E-state index is 0.754. The van der Waals surface area contributed by atoms with Crippen LogP contribution in [0.15, 0.2) is 48.5 Å². The number of nitrogens with one attached hydrogen (secondary N) is 1. The maximum absolute atomic E-state index is 5.77. The smallest absolute Gasteiger partial charge is 0.1000 e. The second-order valence-electron chi connectivity index (χ2n) is 3.74. The Balaban J connectivity index is 2.26. The van der Waals surface area contributed by atoms with Gasteiger partial charge in [-0.1, -0.05) is 30.3 Å². The molecular formula is C13H11N3. The average molecular weight is 209 g/mol. The highest BCUT2D eigenvalue weighted by molar-refractivity contribution is 5.93. The van der Waals surface area contributed by atoms with Gasteiger partial charge in [-0.25, -0.2) is 0 Å². The largest absolute Gasteiger partial charge is 0.399 e. The third kappa shape index (κ3) is 1.34. The van der Waals surface area contributed by atoms with Crippen LogP contribution in [-0.2, 0) is 0 Å². The molecule has 0 amide bonds. The molecule has 0 bridgehead atoms. The molecule has 3 N–H and O–H groups in total. The predicted octanol–water partition coefficient (Wildman–Crippen LogP) is 2.81. The first-order valence-electron chi connectivity index (χ1n) is 5.13. The zero-order chi connectivity index (χ0) is 11.0. The Morgan fingerprint density at radius 2 is 1.88 bits per heavy atom. The topological polar surface area (TPSA) is 54.7 Å².